The number of hydrogen-bond donors (Lipinski definition) is 5. The van der Waals surface area contributed by atoms with Gasteiger partial charge >= 0.3 is 5.97 Å². The summed E-state index contributed by atoms with van der Waals surface area (Å²) in [6.45, 7) is 7.98. The van der Waals surface area contributed by atoms with E-state index in [-0.39, 0.29) is 37.3 Å². The van der Waals surface area contributed by atoms with E-state index in [2.05, 4.69) is 0 Å². The third-order valence-electron chi connectivity index (χ3n) is 3.75. The summed E-state index contributed by atoms with van der Waals surface area (Å²) in [7, 11) is 0. The monoisotopic (exact) mass is 401 g/mol. The first-order valence-electron chi connectivity index (χ1n) is 9.31. The largest absolute Gasteiger partial charge is 0.507 e. The number of aliphatic hydroxyl groups excluding tert-OH is 2. The number of hydrogen-bond acceptors (Lipinski definition) is 7. The fraction of sp³-hybridized carbons (Fsp3) is 0.650. The Bertz CT molecular complexity index is 562. The van der Waals surface area contributed by atoms with Crippen LogP contribution in [0.15, 0.2) is 12.1 Å². The highest BCUT2D eigenvalue weighted by molar-refractivity contribution is 5.67. The van der Waals surface area contributed by atoms with E-state index < -0.39 is 5.97 Å². The van der Waals surface area contributed by atoms with Crippen molar-refractivity contribution in [1.82, 2.24) is 0 Å². The SMILES string of the molecule is CC(C)(C)c1cc(CCC(=O)O)cc(CN)c1O.OCCOCCOCCO. The number of carboxylic acid groups (broad SMARTS) is 1. The average Bonchev–Trinajstić information content (AvgIpc) is 2.63. The summed E-state index contributed by atoms with van der Waals surface area (Å²) < 4.78 is 9.75. The molecule has 6 N–H and O–H groups in total. The zero-order chi connectivity index (χ0) is 21.6. The number of aliphatic carboxylic acids is 1. The molecule has 0 aromatic heterocycles. The Morgan fingerprint density at radius 2 is 1.57 bits per heavy atom. The lowest BCUT2D eigenvalue weighted by Crippen LogP contribution is -2.14. The normalized spacial score (nSPS) is 11.1. The molecule has 0 spiro atoms. The first-order valence-corrected chi connectivity index (χ1v) is 9.31. The summed E-state index contributed by atoms with van der Waals surface area (Å²) in [4.78, 5) is 10.6. The Labute approximate surface area is 166 Å². The molecule has 0 amide bonds. The maximum atomic E-state index is 10.6. The van der Waals surface area contributed by atoms with E-state index in [0.29, 0.717) is 38.4 Å². The summed E-state index contributed by atoms with van der Waals surface area (Å²) in [6, 6.07) is 3.66. The van der Waals surface area contributed by atoms with Crippen LogP contribution in [0.25, 0.3) is 0 Å². The summed E-state index contributed by atoms with van der Waals surface area (Å²) in [5.41, 5.74) is 7.79. The highest BCUT2D eigenvalue weighted by atomic mass is 16.5. The van der Waals surface area contributed by atoms with Gasteiger partial charge in [-0.1, -0.05) is 32.9 Å². The predicted molar refractivity (Wildman–Crippen MR) is 106 cm³/mol. The predicted octanol–water partition coefficient (Wildman–Crippen LogP) is 1.17. The summed E-state index contributed by atoms with van der Waals surface area (Å²) in [5.74, 6) is -0.598. The second-order valence-corrected chi connectivity index (χ2v) is 7.17. The van der Waals surface area contributed by atoms with Gasteiger partial charge in [0, 0.05) is 18.5 Å². The molecule has 0 fully saturated rings. The van der Waals surface area contributed by atoms with Crippen LogP contribution in [0.3, 0.4) is 0 Å². The molecular formula is C20H35NO7. The third-order valence-corrected chi connectivity index (χ3v) is 3.75. The number of rotatable bonds is 11. The Hall–Kier alpha value is -1.71. The number of ether oxygens (including phenoxy) is 2. The van der Waals surface area contributed by atoms with Crippen molar-refractivity contribution in [3.63, 3.8) is 0 Å². The van der Waals surface area contributed by atoms with Crippen LogP contribution in [0.5, 0.6) is 5.75 Å². The number of nitrogens with two attached hydrogens (primary N) is 1. The van der Waals surface area contributed by atoms with E-state index in [0.717, 1.165) is 11.1 Å². The molecule has 0 aliphatic rings. The maximum absolute atomic E-state index is 10.6. The van der Waals surface area contributed by atoms with Crippen molar-refractivity contribution in [2.75, 3.05) is 39.6 Å². The van der Waals surface area contributed by atoms with Gasteiger partial charge in [0.05, 0.1) is 39.6 Å². The van der Waals surface area contributed by atoms with Gasteiger partial charge in [-0.3, -0.25) is 4.79 Å². The molecule has 28 heavy (non-hydrogen) atoms. The molecule has 1 aromatic rings. The van der Waals surface area contributed by atoms with Crippen LogP contribution in [0.4, 0.5) is 0 Å². The fourth-order valence-corrected chi connectivity index (χ4v) is 2.33. The van der Waals surface area contributed by atoms with E-state index in [4.69, 9.17) is 30.5 Å². The van der Waals surface area contributed by atoms with Crippen molar-refractivity contribution in [3.8, 4) is 5.75 Å². The van der Waals surface area contributed by atoms with Gasteiger partial charge in [0.25, 0.3) is 0 Å². The second-order valence-electron chi connectivity index (χ2n) is 7.17. The molecule has 0 radical (unpaired) electrons. The highest BCUT2D eigenvalue weighted by Gasteiger charge is 2.21. The van der Waals surface area contributed by atoms with Crippen LogP contribution >= 0.6 is 0 Å². The minimum Gasteiger partial charge on any atom is -0.507 e. The van der Waals surface area contributed by atoms with Crippen molar-refractivity contribution in [1.29, 1.82) is 0 Å². The number of aliphatic hydroxyl groups is 2. The minimum atomic E-state index is -0.824. The standard InChI is InChI=1S/C14H21NO3.C6H14O4/c1-14(2,3)11-7-9(4-5-12(16)17)6-10(8-15)13(11)18;7-1-3-9-5-6-10-4-2-8/h6-7,18H,4-5,8,15H2,1-3H3,(H,16,17);7-8H,1-6H2. The lowest BCUT2D eigenvalue weighted by molar-refractivity contribution is -0.136. The maximum Gasteiger partial charge on any atom is 0.303 e. The number of carboxylic acids is 1. The molecule has 162 valence electrons. The molecule has 0 saturated heterocycles. The molecule has 0 aliphatic carbocycles. The molecule has 0 atom stereocenters. The van der Waals surface area contributed by atoms with E-state index >= 15 is 0 Å². The van der Waals surface area contributed by atoms with Gasteiger partial charge in [0.15, 0.2) is 0 Å². The number of benzene rings is 1. The summed E-state index contributed by atoms with van der Waals surface area (Å²) in [5, 5.41) is 35.4. The van der Waals surface area contributed by atoms with Gasteiger partial charge in [-0.25, -0.2) is 0 Å². The van der Waals surface area contributed by atoms with Crippen LogP contribution < -0.4 is 5.73 Å². The molecule has 1 rings (SSSR count). The molecule has 0 aliphatic heterocycles. The van der Waals surface area contributed by atoms with E-state index in [1.807, 2.05) is 26.8 Å². The van der Waals surface area contributed by atoms with Crippen LogP contribution in [-0.4, -0.2) is 66.0 Å². The Kier molecular flexibility index (Phi) is 13.4. The molecule has 0 bridgehead atoms. The Morgan fingerprint density at radius 3 is 1.96 bits per heavy atom. The number of phenolic OH excluding ortho intramolecular Hbond substituents is 1. The molecule has 0 heterocycles. The van der Waals surface area contributed by atoms with Gasteiger partial charge in [0.1, 0.15) is 5.75 Å². The zero-order valence-electron chi connectivity index (χ0n) is 17.1. The highest BCUT2D eigenvalue weighted by Crippen LogP contribution is 2.34. The molecular weight excluding hydrogens is 366 g/mol. The van der Waals surface area contributed by atoms with Crippen LogP contribution in [-0.2, 0) is 32.6 Å². The van der Waals surface area contributed by atoms with E-state index in [1.165, 1.54) is 0 Å². The number of phenols is 1. The minimum absolute atomic E-state index is 0.0417. The van der Waals surface area contributed by atoms with Crippen molar-refractivity contribution in [2.24, 2.45) is 5.73 Å². The van der Waals surface area contributed by atoms with Crippen molar-refractivity contribution in [2.45, 2.75) is 45.6 Å². The Morgan fingerprint density at radius 1 is 1.04 bits per heavy atom. The summed E-state index contributed by atoms with van der Waals surface area (Å²) in [6.07, 6.45) is 0.532. The number of aryl methyl sites for hydroxylation is 1. The fourth-order valence-electron chi connectivity index (χ4n) is 2.33. The first-order chi connectivity index (χ1) is 13.2. The lowest BCUT2D eigenvalue weighted by Gasteiger charge is -2.23. The quantitative estimate of drug-likeness (QED) is 0.348. The molecule has 0 saturated carbocycles. The van der Waals surface area contributed by atoms with Gasteiger partial charge in [0.2, 0.25) is 0 Å². The van der Waals surface area contributed by atoms with Crippen molar-refractivity contribution >= 4 is 5.97 Å². The van der Waals surface area contributed by atoms with E-state index in [9.17, 15) is 9.90 Å². The topological polar surface area (TPSA) is 142 Å². The Balaban J connectivity index is 0.000000621. The van der Waals surface area contributed by atoms with Gasteiger partial charge in [-0.2, -0.15) is 0 Å². The molecule has 0 unspecified atom stereocenters. The number of carbonyl (C=O) groups is 1. The van der Waals surface area contributed by atoms with Crippen LogP contribution in [0, 0.1) is 0 Å². The number of aromatic hydroxyl groups is 1. The zero-order valence-corrected chi connectivity index (χ0v) is 17.1. The first kappa shape index (κ1) is 26.3. The smallest absolute Gasteiger partial charge is 0.303 e. The molecule has 1 aromatic carbocycles. The molecule has 8 heteroatoms. The van der Waals surface area contributed by atoms with Gasteiger partial charge in [-0.15, -0.1) is 0 Å². The van der Waals surface area contributed by atoms with Crippen LogP contribution in [0.2, 0.25) is 0 Å². The van der Waals surface area contributed by atoms with E-state index in [1.54, 1.807) is 6.07 Å². The molecule has 8 nitrogen and oxygen atoms in total. The second kappa shape index (κ2) is 14.3. The van der Waals surface area contributed by atoms with Gasteiger partial charge < -0.3 is 35.6 Å². The van der Waals surface area contributed by atoms with Crippen LogP contribution in [0.1, 0.15) is 43.9 Å². The van der Waals surface area contributed by atoms with Crippen molar-refractivity contribution < 1.29 is 34.7 Å². The summed E-state index contributed by atoms with van der Waals surface area (Å²) >= 11 is 0. The third kappa shape index (κ3) is 11.2. The average molecular weight is 402 g/mol. The lowest BCUT2D eigenvalue weighted by atomic mass is 9.83. The van der Waals surface area contributed by atoms with Gasteiger partial charge in [-0.05, 0) is 23.0 Å². The van der Waals surface area contributed by atoms with Crippen molar-refractivity contribution in [3.05, 3.63) is 28.8 Å².